The largest absolute Gasteiger partial charge is 0.358 e. The Kier molecular flexibility index (Phi) is 5.69. The number of anilines is 1. The summed E-state index contributed by atoms with van der Waals surface area (Å²) in [6.07, 6.45) is 1.79. The van der Waals surface area contributed by atoms with Crippen molar-refractivity contribution in [1.29, 1.82) is 0 Å². The Balaban J connectivity index is 2.71. The van der Waals surface area contributed by atoms with E-state index >= 15 is 0 Å². The van der Waals surface area contributed by atoms with Crippen molar-refractivity contribution >= 4 is 29.6 Å². The van der Waals surface area contributed by atoms with Gasteiger partial charge in [0.05, 0.1) is 5.56 Å². The van der Waals surface area contributed by atoms with Gasteiger partial charge in [-0.15, -0.1) is 0 Å². The first-order valence-electron chi connectivity index (χ1n) is 5.95. The summed E-state index contributed by atoms with van der Waals surface area (Å²) < 4.78 is 0. The fourth-order valence-electron chi connectivity index (χ4n) is 1.32. The average molecular weight is 285 g/mol. The Bertz CT molecular complexity index is 465. The highest BCUT2D eigenvalue weighted by Crippen LogP contribution is 2.17. The monoisotopic (exact) mass is 284 g/mol. The molecule has 0 saturated heterocycles. The maximum absolute atomic E-state index is 11.8. The van der Waals surface area contributed by atoms with Crippen LogP contribution in [0.15, 0.2) is 6.33 Å². The van der Waals surface area contributed by atoms with Crippen LogP contribution in [-0.4, -0.2) is 34.7 Å². The van der Waals surface area contributed by atoms with E-state index in [1.54, 1.807) is 6.92 Å². The number of hydrogen-bond acceptors (Lipinski definition) is 5. The van der Waals surface area contributed by atoms with Crippen LogP contribution in [0.4, 0.5) is 5.82 Å². The first kappa shape index (κ1) is 15.4. The summed E-state index contributed by atoms with van der Waals surface area (Å²) in [5, 5.41) is 5.69. The van der Waals surface area contributed by atoms with E-state index in [0.717, 1.165) is 0 Å². The number of nitrogens with one attached hydrogen (secondary N) is 2. The Morgan fingerprint density at radius 3 is 2.68 bits per heavy atom. The lowest BCUT2D eigenvalue weighted by Gasteiger charge is -2.16. The predicted molar refractivity (Wildman–Crippen MR) is 73.4 cm³/mol. The van der Waals surface area contributed by atoms with Crippen LogP contribution in [0, 0.1) is 5.92 Å². The number of amides is 1. The molecule has 0 spiro atoms. The molecule has 0 aliphatic carbocycles. The van der Waals surface area contributed by atoms with Gasteiger partial charge in [-0.2, -0.15) is 0 Å². The SMILES string of the molecule is CC(C)CNC(=O)C(C)Nc1ncnc(Cl)c1C=O. The molecule has 2 N–H and O–H groups in total. The highest BCUT2D eigenvalue weighted by molar-refractivity contribution is 6.32. The third-order valence-electron chi connectivity index (χ3n) is 2.38. The Labute approximate surface area is 117 Å². The van der Waals surface area contributed by atoms with Gasteiger partial charge in [0.2, 0.25) is 5.91 Å². The Morgan fingerprint density at radius 2 is 2.11 bits per heavy atom. The number of aromatic nitrogens is 2. The average Bonchev–Trinajstić information content (AvgIpc) is 2.36. The number of aldehydes is 1. The van der Waals surface area contributed by atoms with E-state index in [-0.39, 0.29) is 22.4 Å². The van der Waals surface area contributed by atoms with Gasteiger partial charge >= 0.3 is 0 Å². The van der Waals surface area contributed by atoms with Crippen molar-refractivity contribution < 1.29 is 9.59 Å². The van der Waals surface area contributed by atoms with Gasteiger partial charge in [-0.25, -0.2) is 9.97 Å². The number of halogens is 1. The summed E-state index contributed by atoms with van der Waals surface area (Å²) in [5.74, 6) is 0.456. The van der Waals surface area contributed by atoms with Crippen LogP contribution in [0.3, 0.4) is 0 Å². The van der Waals surface area contributed by atoms with Crippen LogP contribution in [-0.2, 0) is 4.79 Å². The third-order valence-corrected chi connectivity index (χ3v) is 2.69. The molecule has 1 unspecified atom stereocenters. The molecule has 1 atom stereocenters. The lowest BCUT2D eigenvalue weighted by Crippen LogP contribution is -2.39. The molecule has 1 amide bonds. The maximum Gasteiger partial charge on any atom is 0.242 e. The molecule has 1 aromatic heterocycles. The predicted octanol–water partition coefficient (Wildman–Crippen LogP) is 1.52. The normalized spacial score (nSPS) is 12.1. The molecule has 104 valence electrons. The second kappa shape index (κ2) is 7.04. The van der Waals surface area contributed by atoms with Crippen molar-refractivity contribution in [2.24, 2.45) is 5.92 Å². The van der Waals surface area contributed by atoms with E-state index < -0.39 is 6.04 Å². The first-order valence-corrected chi connectivity index (χ1v) is 6.33. The van der Waals surface area contributed by atoms with Gasteiger partial charge in [0.25, 0.3) is 0 Å². The highest BCUT2D eigenvalue weighted by atomic mass is 35.5. The molecular formula is C12H17ClN4O2. The van der Waals surface area contributed by atoms with Gasteiger partial charge in [-0.05, 0) is 12.8 Å². The van der Waals surface area contributed by atoms with Gasteiger partial charge in [-0.1, -0.05) is 25.4 Å². The van der Waals surface area contributed by atoms with E-state index in [1.807, 2.05) is 13.8 Å². The minimum atomic E-state index is -0.525. The quantitative estimate of drug-likeness (QED) is 0.611. The third kappa shape index (κ3) is 4.48. The fraction of sp³-hybridized carbons (Fsp3) is 0.500. The second-order valence-corrected chi connectivity index (χ2v) is 4.91. The minimum absolute atomic E-state index is 0.0577. The summed E-state index contributed by atoms with van der Waals surface area (Å²) >= 11 is 5.77. The van der Waals surface area contributed by atoms with Crippen molar-refractivity contribution in [1.82, 2.24) is 15.3 Å². The molecule has 0 aliphatic rings. The van der Waals surface area contributed by atoms with Crippen LogP contribution in [0.5, 0.6) is 0 Å². The maximum atomic E-state index is 11.8. The summed E-state index contributed by atoms with van der Waals surface area (Å²) in [6, 6.07) is -0.525. The summed E-state index contributed by atoms with van der Waals surface area (Å²) in [6.45, 7) is 6.29. The van der Waals surface area contributed by atoms with Crippen molar-refractivity contribution in [2.45, 2.75) is 26.8 Å². The van der Waals surface area contributed by atoms with Crippen LogP contribution in [0.2, 0.25) is 5.15 Å². The molecule has 0 aromatic carbocycles. The first-order chi connectivity index (χ1) is 8.95. The van der Waals surface area contributed by atoms with E-state index in [2.05, 4.69) is 20.6 Å². The number of carbonyl (C=O) groups is 2. The molecule has 1 heterocycles. The van der Waals surface area contributed by atoms with Crippen molar-refractivity contribution in [3.05, 3.63) is 17.0 Å². The zero-order valence-electron chi connectivity index (χ0n) is 11.1. The minimum Gasteiger partial charge on any atom is -0.358 e. The van der Waals surface area contributed by atoms with Crippen LogP contribution in [0.25, 0.3) is 0 Å². The molecule has 0 bridgehead atoms. The topological polar surface area (TPSA) is 84.0 Å². The molecular weight excluding hydrogens is 268 g/mol. The lowest BCUT2D eigenvalue weighted by atomic mass is 10.2. The molecule has 6 nitrogen and oxygen atoms in total. The van der Waals surface area contributed by atoms with Gasteiger partial charge in [-0.3, -0.25) is 9.59 Å². The molecule has 0 fully saturated rings. The van der Waals surface area contributed by atoms with E-state index in [0.29, 0.717) is 18.7 Å². The molecule has 0 radical (unpaired) electrons. The molecule has 1 rings (SSSR count). The zero-order valence-corrected chi connectivity index (χ0v) is 11.9. The van der Waals surface area contributed by atoms with Crippen molar-refractivity contribution in [2.75, 3.05) is 11.9 Å². The number of rotatable bonds is 6. The second-order valence-electron chi connectivity index (χ2n) is 4.55. The van der Waals surface area contributed by atoms with Crippen LogP contribution >= 0.6 is 11.6 Å². The van der Waals surface area contributed by atoms with Gasteiger partial charge in [0, 0.05) is 6.54 Å². The Morgan fingerprint density at radius 1 is 1.42 bits per heavy atom. The summed E-state index contributed by atoms with van der Waals surface area (Å²) in [4.78, 5) is 30.3. The molecule has 0 aliphatic heterocycles. The molecule has 1 aromatic rings. The fourth-order valence-corrected chi connectivity index (χ4v) is 1.50. The molecule has 7 heteroatoms. The van der Waals surface area contributed by atoms with Gasteiger partial charge in [0.1, 0.15) is 23.3 Å². The van der Waals surface area contributed by atoms with E-state index in [4.69, 9.17) is 11.6 Å². The standard InChI is InChI=1S/C12H17ClN4O2/c1-7(2)4-14-12(19)8(3)17-11-9(5-18)10(13)15-6-16-11/h5-8H,4H2,1-3H3,(H,14,19)(H,15,16,17). The molecule has 0 saturated carbocycles. The molecule has 19 heavy (non-hydrogen) atoms. The van der Waals surface area contributed by atoms with Crippen molar-refractivity contribution in [3.63, 3.8) is 0 Å². The zero-order chi connectivity index (χ0) is 14.4. The van der Waals surface area contributed by atoms with E-state index in [1.165, 1.54) is 6.33 Å². The van der Waals surface area contributed by atoms with Crippen LogP contribution in [0.1, 0.15) is 31.1 Å². The lowest BCUT2D eigenvalue weighted by molar-refractivity contribution is -0.121. The number of nitrogens with zero attached hydrogens (tertiary/aromatic N) is 2. The highest BCUT2D eigenvalue weighted by Gasteiger charge is 2.16. The summed E-state index contributed by atoms with van der Waals surface area (Å²) in [7, 11) is 0. The van der Waals surface area contributed by atoms with E-state index in [9.17, 15) is 9.59 Å². The number of hydrogen-bond donors (Lipinski definition) is 2. The number of carbonyl (C=O) groups excluding carboxylic acids is 2. The Hall–Kier alpha value is -1.69. The summed E-state index contributed by atoms with van der Waals surface area (Å²) in [5.41, 5.74) is 0.146. The van der Waals surface area contributed by atoms with Gasteiger partial charge in [0.15, 0.2) is 6.29 Å². The van der Waals surface area contributed by atoms with Crippen molar-refractivity contribution in [3.8, 4) is 0 Å². The van der Waals surface area contributed by atoms with Crippen LogP contribution < -0.4 is 10.6 Å². The smallest absolute Gasteiger partial charge is 0.242 e. The van der Waals surface area contributed by atoms with Gasteiger partial charge < -0.3 is 10.6 Å².